The number of sulfonamides is 1. The van der Waals surface area contributed by atoms with Crippen LogP contribution in [0.15, 0.2) is 28.7 Å². The minimum atomic E-state index is -3.39. The highest BCUT2D eigenvalue weighted by molar-refractivity contribution is 9.10. The molecule has 2 rings (SSSR count). The number of benzene rings is 1. The van der Waals surface area contributed by atoms with Gasteiger partial charge in [0, 0.05) is 29.2 Å². The van der Waals surface area contributed by atoms with E-state index in [-0.39, 0.29) is 24.2 Å². The molecule has 1 heterocycles. The lowest BCUT2D eigenvalue weighted by molar-refractivity contribution is 0.0393. The van der Waals surface area contributed by atoms with Gasteiger partial charge in [0.25, 0.3) is 5.91 Å². The third kappa shape index (κ3) is 4.52. The zero-order valence-electron chi connectivity index (χ0n) is 12.3. The molecule has 1 aromatic carbocycles. The van der Waals surface area contributed by atoms with Gasteiger partial charge in [0.05, 0.1) is 19.0 Å². The van der Waals surface area contributed by atoms with E-state index in [0.717, 1.165) is 4.47 Å². The van der Waals surface area contributed by atoms with Crippen molar-refractivity contribution in [3.8, 4) is 0 Å². The van der Waals surface area contributed by atoms with E-state index < -0.39 is 10.0 Å². The molecule has 1 unspecified atom stereocenters. The molecule has 0 radical (unpaired) electrons. The molecule has 8 heteroatoms. The summed E-state index contributed by atoms with van der Waals surface area (Å²) < 4.78 is 32.0. The van der Waals surface area contributed by atoms with Crippen molar-refractivity contribution >= 4 is 31.9 Å². The highest BCUT2D eigenvalue weighted by Crippen LogP contribution is 2.13. The Labute approximate surface area is 139 Å². The molecule has 1 fully saturated rings. The van der Waals surface area contributed by atoms with E-state index in [2.05, 4.69) is 21.2 Å². The molecular weight excluding hydrogens is 372 g/mol. The predicted octanol–water partition coefficient (Wildman–Crippen LogP) is 1.23. The van der Waals surface area contributed by atoms with Gasteiger partial charge in [-0.25, -0.2) is 8.42 Å². The van der Waals surface area contributed by atoms with Gasteiger partial charge in [0.1, 0.15) is 0 Å². The first-order valence-corrected chi connectivity index (χ1v) is 9.41. The fraction of sp³-hybridized carbons (Fsp3) is 0.500. The quantitative estimate of drug-likeness (QED) is 0.820. The van der Waals surface area contributed by atoms with Gasteiger partial charge < -0.3 is 10.1 Å². The van der Waals surface area contributed by atoms with E-state index >= 15 is 0 Å². The highest BCUT2D eigenvalue weighted by Gasteiger charge is 2.29. The van der Waals surface area contributed by atoms with Crippen molar-refractivity contribution in [2.45, 2.75) is 13.0 Å². The zero-order valence-corrected chi connectivity index (χ0v) is 14.7. The molecule has 1 saturated heterocycles. The number of halogens is 1. The third-order valence-corrected chi connectivity index (χ3v) is 5.87. The summed E-state index contributed by atoms with van der Waals surface area (Å²) >= 11 is 3.29. The molecule has 6 nitrogen and oxygen atoms in total. The Kier molecular flexibility index (Phi) is 5.96. The van der Waals surface area contributed by atoms with Crippen LogP contribution in [0.25, 0.3) is 0 Å². The molecule has 122 valence electrons. The minimum absolute atomic E-state index is 0.0811. The number of nitrogens with zero attached hydrogens (tertiary/aromatic N) is 1. The number of hydrogen-bond acceptors (Lipinski definition) is 4. The molecule has 22 heavy (non-hydrogen) atoms. The van der Waals surface area contributed by atoms with Crippen LogP contribution in [0.2, 0.25) is 0 Å². The standard InChI is InChI=1S/C14H19BrN2O4S/c1-11-10-21-7-6-17(11)22(19,20)8-5-16-14(18)12-3-2-4-13(15)9-12/h2-4,9,11H,5-8,10H2,1H3,(H,16,18). The Morgan fingerprint density at radius 1 is 1.50 bits per heavy atom. The summed E-state index contributed by atoms with van der Waals surface area (Å²) in [5.74, 6) is -0.400. The molecule has 0 bridgehead atoms. The maximum Gasteiger partial charge on any atom is 0.251 e. The molecule has 0 spiro atoms. The predicted molar refractivity (Wildman–Crippen MR) is 87.2 cm³/mol. The van der Waals surface area contributed by atoms with Gasteiger partial charge in [-0.15, -0.1) is 0 Å². The van der Waals surface area contributed by atoms with Crippen molar-refractivity contribution in [3.63, 3.8) is 0 Å². The van der Waals surface area contributed by atoms with Gasteiger partial charge in [-0.1, -0.05) is 22.0 Å². The average Bonchev–Trinajstić information content (AvgIpc) is 2.47. The van der Waals surface area contributed by atoms with Crippen LogP contribution < -0.4 is 5.32 Å². The molecule has 1 N–H and O–H groups in total. The first-order valence-electron chi connectivity index (χ1n) is 7.01. The molecule has 0 saturated carbocycles. The Balaban J connectivity index is 1.88. The summed E-state index contributed by atoms with van der Waals surface area (Å²) in [6.07, 6.45) is 0. The van der Waals surface area contributed by atoms with Crippen molar-refractivity contribution in [2.24, 2.45) is 0 Å². The molecule has 1 aliphatic heterocycles. The first-order chi connectivity index (χ1) is 10.4. The number of amides is 1. The lowest BCUT2D eigenvalue weighted by atomic mass is 10.2. The largest absolute Gasteiger partial charge is 0.378 e. The van der Waals surface area contributed by atoms with E-state index in [1.807, 2.05) is 13.0 Å². The van der Waals surface area contributed by atoms with Crippen LogP contribution in [0.5, 0.6) is 0 Å². The topological polar surface area (TPSA) is 75.7 Å². The molecule has 0 aliphatic carbocycles. The number of nitrogens with one attached hydrogen (secondary N) is 1. The first kappa shape index (κ1) is 17.4. The van der Waals surface area contributed by atoms with Crippen LogP contribution in [0.3, 0.4) is 0 Å². The zero-order chi connectivity index (χ0) is 16.2. The molecular formula is C14H19BrN2O4S. The third-order valence-electron chi connectivity index (χ3n) is 3.40. The second-order valence-electron chi connectivity index (χ2n) is 5.12. The van der Waals surface area contributed by atoms with Gasteiger partial charge in [-0.2, -0.15) is 4.31 Å². The maximum absolute atomic E-state index is 12.3. The van der Waals surface area contributed by atoms with Crippen molar-refractivity contribution in [1.82, 2.24) is 9.62 Å². The summed E-state index contributed by atoms with van der Waals surface area (Å²) in [6, 6.07) is 6.78. The van der Waals surface area contributed by atoms with Gasteiger partial charge in [-0.3, -0.25) is 4.79 Å². The maximum atomic E-state index is 12.3. The van der Waals surface area contributed by atoms with Crippen LogP contribution in [0.4, 0.5) is 0 Å². The van der Waals surface area contributed by atoms with Gasteiger partial charge in [0.15, 0.2) is 0 Å². The second kappa shape index (κ2) is 7.54. The molecule has 1 aromatic rings. The number of carbonyl (C=O) groups excluding carboxylic acids is 1. The molecule has 1 amide bonds. The average molecular weight is 391 g/mol. The summed E-state index contributed by atoms with van der Waals surface area (Å²) in [4.78, 5) is 12.0. The van der Waals surface area contributed by atoms with Gasteiger partial charge in [-0.05, 0) is 25.1 Å². The number of carbonyl (C=O) groups is 1. The van der Waals surface area contributed by atoms with Crippen molar-refractivity contribution in [2.75, 3.05) is 32.1 Å². The van der Waals surface area contributed by atoms with Crippen molar-refractivity contribution < 1.29 is 17.9 Å². The Hall–Kier alpha value is -0.960. The number of rotatable bonds is 5. The lowest BCUT2D eigenvalue weighted by Gasteiger charge is -2.32. The summed E-state index contributed by atoms with van der Waals surface area (Å²) in [5.41, 5.74) is 0.492. The highest BCUT2D eigenvalue weighted by atomic mass is 79.9. The normalized spacial score (nSPS) is 19.8. The van der Waals surface area contributed by atoms with Crippen LogP contribution in [-0.2, 0) is 14.8 Å². The summed E-state index contributed by atoms with van der Waals surface area (Å²) in [7, 11) is -3.39. The number of morpholine rings is 1. The SMILES string of the molecule is CC1COCCN1S(=O)(=O)CCNC(=O)c1cccc(Br)c1. The molecule has 1 atom stereocenters. The van der Waals surface area contributed by atoms with E-state index in [0.29, 0.717) is 25.3 Å². The van der Waals surface area contributed by atoms with Crippen molar-refractivity contribution in [1.29, 1.82) is 0 Å². The van der Waals surface area contributed by atoms with E-state index in [1.165, 1.54) is 4.31 Å². The van der Waals surface area contributed by atoms with E-state index in [4.69, 9.17) is 4.74 Å². The Morgan fingerprint density at radius 3 is 2.95 bits per heavy atom. The van der Waals surface area contributed by atoms with E-state index in [1.54, 1.807) is 18.2 Å². The second-order valence-corrected chi connectivity index (χ2v) is 8.07. The molecule has 0 aromatic heterocycles. The summed E-state index contributed by atoms with van der Waals surface area (Å²) in [6.45, 7) is 3.08. The fourth-order valence-electron chi connectivity index (χ4n) is 2.27. The van der Waals surface area contributed by atoms with Gasteiger partial charge >= 0.3 is 0 Å². The number of hydrogen-bond donors (Lipinski definition) is 1. The lowest BCUT2D eigenvalue weighted by Crippen LogP contribution is -2.49. The van der Waals surface area contributed by atoms with Crippen LogP contribution >= 0.6 is 15.9 Å². The minimum Gasteiger partial charge on any atom is -0.378 e. The Morgan fingerprint density at radius 2 is 2.27 bits per heavy atom. The van der Waals surface area contributed by atoms with Crippen LogP contribution in [0, 0.1) is 0 Å². The van der Waals surface area contributed by atoms with Crippen molar-refractivity contribution in [3.05, 3.63) is 34.3 Å². The Bertz CT molecular complexity index is 635. The monoisotopic (exact) mass is 390 g/mol. The molecule has 1 aliphatic rings. The van der Waals surface area contributed by atoms with E-state index in [9.17, 15) is 13.2 Å². The van der Waals surface area contributed by atoms with Gasteiger partial charge in [0.2, 0.25) is 10.0 Å². The fourth-order valence-corrected chi connectivity index (χ4v) is 4.22. The smallest absolute Gasteiger partial charge is 0.251 e. The number of ether oxygens (including phenoxy) is 1. The van der Waals surface area contributed by atoms with Crippen LogP contribution in [-0.4, -0.2) is 56.7 Å². The summed E-state index contributed by atoms with van der Waals surface area (Å²) in [5, 5.41) is 2.64. The van der Waals surface area contributed by atoms with Crippen LogP contribution in [0.1, 0.15) is 17.3 Å².